The van der Waals surface area contributed by atoms with Crippen molar-refractivity contribution in [3.63, 3.8) is 0 Å². The second-order valence-electron chi connectivity index (χ2n) is 3.97. The monoisotopic (exact) mass is 210 g/mol. The van der Waals surface area contributed by atoms with E-state index >= 15 is 0 Å². The highest BCUT2D eigenvalue weighted by molar-refractivity contribution is 7.11. The predicted octanol–water partition coefficient (Wildman–Crippen LogP) is 2.59. The highest BCUT2D eigenvalue weighted by Gasteiger charge is 2.34. The molecule has 0 aliphatic heterocycles. The van der Waals surface area contributed by atoms with Crippen LogP contribution in [0.5, 0.6) is 0 Å². The third-order valence-corrected chi connectivity index (χ3v) is 4.03. The molecule has 1 heterocycles. The van der Waals surface area contributed by atoms with Crippen LogP contribution >= 0.6 is 11.3 Å². The van der Waals surface area contributed by atoms with Crippen molar-refractivity contribution in [2.24, 2.45) is 5.92 Å². The lowest BCUT2D eigenvalue weighted by atomic mass is 10.3. The highest BCUT2D eigenvalue weighted by atomic mass is 32.1. The Bertz CT molecular complexity index is 295. The molecule has 0 aromatic carbocycles. The molecule has 1 N–H and O–H groups in total. The summed E-state index contributed by atoms with van der Waals surface area (Å²) in [5, 5.41) is 4.84. The maximum absolute atomic E-state index is 4.35. The van der Waals surface area contributed by atoms with Gasteiger partial charge in [-0.05, 0) is 18.8 Å². The summed E-state index contributed by atoms with van der Waals surface area (Å²) in [5.41, 5.74) is 0. The second-order valence-corrected chi connectivity index (χ2v) is 5.17. The van der Waals surface area contributed by atoms with Gasteiger partial charge in [-0.2, -0.15) is 0 Å². The molecule has 0 radical (unpaired) electrons. The number of thiazole rings is 1. The Balaban J connectivity index is 1.75. The first-order chi connectivity index (χ1) is 6.83. The number of hydrogen-bond donors (Lipinski definition) is 1. The van der Waals surface area contributed by atoms with Gasteiger partial charge in [-0.3, -0.25) is 0 Å². The molecule has 0 bridgehead atoms. The molecule has 1 aliphatic carbocycles. The summed E-state index contributed by atoms with van der Waals surface area (Å²) in [5.74, 6) is 0.938. The van der Waals surface area contributed by atoms with E-state index in [9.17, 15) is 0 Å². The van der Waals surface area contributed by atoms with Crippen molar-refractivity contribution in [3.05, 3.63) is 16.1 Å². The van der Waals surface area contributed by atoms with Gasteiger partial charge in [-0.25, -0.2) is 4.98 Å². The van der Waals surface area contributed by atoms with Crippen molar-refractivity contribution in [2.45, 2.75) is 45.7 Å². The van der Waals surface area contributed by atoms with E-state index in [0.29, 0.717) is 0 Å². The van der Waals surface area contributed by atoms with Crippen LogP contribution in [0.3, 0.4) is 0 Å². The average Bonchev–Trinajstić information content (AvgIpc) is 2.83. The zero-order chi connectivity index (χ0) is 9.97. The molecule has 1 aromatic heterocycles. The summed E-state index contributed by atoms with van der Waals surface area (Å²) < 4.78 is 0. The average molecular weight is 210 g/mol. The van der Waals surface area contributed by atoms with Gasteiger partial charge in [0.1, 0.15) is 0 Å². The minimum Gasteiger partial charge on any atom is -0.309 e. The molecule has 2 nitrogen and oxygen atoms in total. The maximum Gasteiger partial charge on any atom is 0.0925 e. The van der Waals surface area contributed by atoms with Crippen LogP contribution in [0.15, 0.2) is 6.20 Å². The SMILES string of the molecule is CCc1ncc(CNC2CC2CC)s1. The number of aryl methyl sites for hydroxylation is 1. The van der Waals surface area contributed by atoms with Crippen LogP contribution in [-0.2, 0) is 13.0 Å². The van der Waals surface area contributed by atoms with E-state index < -0.39 is 0 Å². The molecule has 78 valence electrons. The van der Waals surface area contributed by atoms with Gasteiger partial charge >= 0.3 is 0 Å². The lowest BCUT2D eigenvalue weighted by Crippen LogP contribution is -2.16. The first kappa shape index (κ1) is 10.1. The van der Waals surface area contributed by atoms with Gasteiger partial charge in [0.2, 0.25) is 0 Å². The number of rotatable bonds is 5. The second kappa shape index (κ2) is 4.41. The molecular formula is C11H18N2S. The van der Waals surface area contributed by atoms with Crippen molar-refractivity contribution in [1.29, 1.82) is 0 Å². The van der Waals surface area contributed by atoms with Crippen LogP contribution in [0.1, 0.15) is 36.6 Å². The molecule has 0 spiro atoms. The maximum atomic E-state index is 4.35. The first-order valence-corrected chi connectivity index (χ1v) is 6.32. The lowest BCUT2D eigenvalue weighted by Gasteiger charge is -1.99. The molecule has 1 fully saturated rings. The minimum atomic E-state index is 0.784. The van der Waals surface area contributed by atoms with Crippen LogP contribution < -0.4 is 5.32 Å². The molecule has 1 saturated carbocycles. The minimum absolute atomic E-state index is 0.784. The van der Waals surface area contributed by atoms with Crippen LogP contribution in [0.4, 0.5) is 0 Å². The summed E-state index contributed by atoms with van der Waals surface area (Å²) in [6.45, 7) is 5.44. The lowest BCUT2D eigenvalue weighted by molar-refractivity contribution is 0.627. The Hall–Kier alpha value is -0.410. The van der Waals surface area contributed by atoms with Gasteiger partial charge in [-0.15, -0.1) is 11.3 Å². The molecule has 14 heavy (non-hydrogen) atoms. The Kier molecular flexibility index (Phi) is 3.19. The normalized spacial score (nSPS) is 25.3. The molecule has 2 rings (SSSR count). The molecular weight excluding hydrogens is 192 g/mol. The van der Waals surface area contributed by atoms with Crippen molar-refractivity contribution >= 4 is 11.3 Å². The summed E-state index contributed by atoms with van der Waals surface area (Å²) in [6.07, 6.45) is 5.77. The van der Waals surface area contributed by atoms with Gasteiger partial charge < -0.3 is 5.32 Å². The van der Waals surface area contributed by atoms with Gasteiger partial charge in [0, 0.05) is 23.7 Å². The smallest absolute Gasteiger partial charge is 0.0925 e. The first-order valence-electron chi connectivity index (χ1n) is 5.50. The number of nitrogens with one attached hydrogen (secondary N) is 1. The number of nitrogens with zero attached hydrogens (tertiary/aromatic N) is 1. The molecule has 1 aromatic rings. The fourth-order valence-electron chi connectivity index (χ4n) is 1.77. The Morgan fingerprint density at radius 3 is 3.00 bits per heavy atom. The predicted molar refractivity (Wildman–Crippen MR) is 60.5 cm³/mol. The van der Waals surface area contributed by atoms with Crippen LogP contribution in [0.2, 0.25) is 0 Å². The van der Waals surface area contributed by atoms with Gasteiger partial charge in [0.05, 0.1) is 5.01 Å². The zero-order valence-corrected chi connectivity index (χ0v) is 9.73. The number of hydrogen-bond acceptors (Lipinski definition) is 3. The Morgan fingerprint density at radius 2 is 2.43 bits per heavy atom. The van der Waals surface area contributed by atoms with Crippen molar-refractivity contribution < 1.29 is 0 Å². The third kappa shape index (κ3) is 2.34. The number of aromatic nitrogens is 1. The standard InChI is InChI=1S/C11H18N2S/c1-3-8-5-10(8)12-6-9-7-13-11(4-2)14-9/h7-8,10,12H,3-6H2,1-2H3. The van der Waals surface area contributed by atoms with Gasteiger partial charge in [0.25, 0.3) is 0 Å². The molecule has 0 amide bonds. The topological polar surface area (TPSA) is 24.9 Å². The largest absolute Gasteiger partial charge is 0.309 e. The third-order valence-electron chi connectivity index (χ3n) is 2.89. The van der Waals surface area contributed by atoms with Crippen LogP contribution in [0.25, 0.3) is 0 Å². The Morgan fingerprint density at radius 1 is 1.57 bits per heavy atom. The zero-order valence-electron chi connectivity index (χ0n) is 8.92. The van der Waals surface area contributed by atoms with Crippen molar-refractivity contribution in [3.8, 4) is 0 Å². The quantitative estimate of drug-likeness (QED) is 0.808. The van der Waals surface area contributed by atoms with E-state index in [1.165, 1.54) is 22.7 Å². The van der Waals surface area contributed by atoms with E-state index in [2.05, 4.69) is 24.1 Å². The van der Waals surface area contributed by atoms with Gasteiger partial charge in [0.15, 0.2) is 0 Å². The summed E-state index contributed by atoms with van der Waals surface area (Å²) >= 11 is 1.84. The van der Waals surface area contributed by atoms with E-state index in [4.69, 9.17) is 0 Å². The summed E-state index contributed by atoms with van der Waals surface area (Å²) in [7, 11) is 0. The van der Waals surface area contributed by atoms with Crippen LogP contribution in [-0.4, -0.2) is 11.0 Å². The van der Waals surface area contributed by atoms with Crippen molar-refractivity contribution in [2.75, 3.05) is 0 Å². The van der Waals surface area contributed by atoms with E-state index in [1.807, 2.05) is 17.5 Å². The molecule has 3 heteroatoms. The van der Waals surface area contributed by atoms with E-state index in [1.54, 1.807) is 0 Å². The van der Waals surface area contributed by atoms with Crippen molar-refractivity contribution in [1.82, 2.24) is 10.3 Å². The fraction of sp³-hybridized carbons (Fsp3) is 0.727. The van der Waals surface area contributed by atoms with Crippen LogP contribution in [0, 0.1) is 5.92 Å². The molecule has 2 unspecified atom stereocenters. The summed E-state index contributed by atoms with van der Waals surface area (Å²) in [6, 6.07) is 0.784. The van der Waals surface area contributed by atoms with E-state index in [0.717, 1.165) is 24.9 Å². The molecule has 1 aliphatic rings. The van der Waals surface area contributed by atoms with Gasteiger partial charge in [-0.1, -0.05) is 20.3 Å². The summed E-state index contributed by atoms with van der Waals surface area (Å²) in [4.78, 5) is 5.73. The highest BCUT2D eigenvalue weighted by Crippen LogP contribution is 2.33. The molecule has 0 saturated heterocycles. The fourth-order valence-corrected chi connectivity index (χ4v) is 2.59. The van der Waals surface area contributed by atoms with E-state index in [-0.39, 0.29) is 0 Å². The Labute approximate surface area is 89.8 Å². The molecule has 2 atom stereocenters.